The lowest BCUT2D eigenvalue weighted by atomic mass is 9.78. The molecule has 0 aromatic heterocycles. The third kappa shape index (κ3) is 1.21. The third-order valence-corrected chi connectivity index (χ3v) is 3.56. The van der Waals surface area contributed by atoms with Gasteiger partial charge in [0.05, 0.1) is 0 Å². The summed E-state index contributed by atoms with van der Waals surface area (Å²) in [7, 11) is 0. The Hall–Kier alpha value is -1.04. The first-order chi connectivity index (χ1) is 6.95. The minimum absolute atomic E-state index is 1.25. The zero-order chi connectivity index (χ0) is 9.38. The zero-order valence-electron chi connectivity index (χ0n) is 8.55. The fourth-order valence-electron chi connectivity index (χ4n) is 2.86. The number of hydrogen-bond donors (Lipinski definition) is 0. The molecule has 0 heterocycles. The van der Waals surface area contributed by atoms with E-state index in [4.69, 9.17) is 0 Å². The van der Waals surface area contributed by atoms with E-state index >= 15 is 0 Å². The number of rotatable bonds is 0. The van der Waals surface area contributed by atoms with Crippen LogP contribution in [0.2, 0.25) is 0 Å². The van der Waals surface area contributed by atoms with E-state index in [-0.39, 0.29) is 0 Å². The van der Waals surface area contributed by atoms with Crippen molar-refractivity contribution < 1.29 is 0 Å². The molecule has 3 rings (SSSR count). The van der Waals surface area contributed by atoms with E-state index in [0.717, 1.165) is 0 Å². The molecule has 14 heavy (non-hydrogen) atoms. The Bertz CT molecular complexity index is 337. The third-order valence-electron chi connectivity index (χ3n) is 3.56. The lowest BCUT2D eigenvalue weighted by Crippen LogP contribution is -2.08. The van der Waals surface area contributed by atoms with Crippen molar-refractivity contribution in [3.05, 3.63) is 46.6 Å². The van der Waals surface area contributed by atoms with E-state index in [0.29, 0.717) is 0 Å². The van der Waals surface area contributed by atoms with Crippen LogP contribution in [0.25, 0.3) is 0 Å². The molecule has 0 radical (unpaired) electrons. The van der Waals surface area contributed by atoms with Crippen molar-refractivity contribution in [2.24, 2.45) is 0 Å². The summed E-state index contributed by atoms with van der Waals surface area (Å²) < 4.78 is 0. The molecular formula is C14H16. The minimum Gasteiger partial charge on any atom is -0.0839 e. The Balaban J connectivity index is 2.08. The van der Waals surface area contributed by atoms with Crippen LogP contribution in [0, 0.1) is 0 Å². The van der Waals surface area contributed by atoms with E-state index in [1.165, 1.54) is 38.5 Å². The van der Waals surface area contributed by atoms with Crippen molar-refractivity contribution in [3.63, 3.8) is 0 Å². The van der Waals surface area contributed by atoms with Gasteiger partial charge in [-0.3, -0.25) is 0 Å². The van der Waals surface area contributed by atoms with Gasteiger partial charge in [0.15, 0.2) is 0 Å². The van der Waals surface area contributed by atoms with Crippen molar-refractivity contribution in [1.82, 2.24) is 0 Å². The summed E-state index contributed by atoms with van der Waals surface area (Å²) in [5.74, 6) is 0. The second-order valence-electron chi connectivity index (χ2n) is 4.39. The van der Waals surface area contributed by atoms with E-state index in [1.54, 1.807) is 22.3 Å². The van der Waals surface area contributed by atoms with E-state index < -0.39 is 0 Å². The molecule has 0 aromatic carbocycles. The summed E-state index contributed by atoms with van der Waals surface area (Å²) in [5.41, 5.74) is 6.65. The molecule has 0 saturated heterocycles. The van der Waals surface area contributed by atoms with Gasteiger partial charge in [-0.25, -0.2) is 0 Å². The molecule has 0 aliphatic heterocycles. The number of hydrogen-bond acceptors (Lipinski definition) is 0. The largest absolute Gasteiger partial charge is 0.0839 e. The van der Waals surface area contributed by atoms with Crippen LogP contribution in [0.4, 0.5) is 0 Å². The van der Waals surface area contributed by atoms with Crippen molar-refractivity contribution in [3.8, 4) is 0 Å². The van der Waals surface area contributed by atoms with Crippen LogP contribution in [-0.4, -0.2) is 0 Å². The van der Waals surface area contributed by atoms with Gasteiger partial charge >= 0.3 is 0 Å². The summed E-state index contributed by atoms with van der Waals surface area (Å²) in [5, 5.41) is 0. The quantitative estimate of drug-likeness (QED) is 0.532. The van der Waals surface area contributed by atoms with Gasteiger partial charge < -0.3 is 0 Å². The molecule has 0 amide bonds. The Labute approximate surface area is 85.7 Å². The number of fused-ring (bicyclic) bond motifs is 1. The average Bonchev–Trinajstić information content (AvgIpc) is 2.29. The highest BCUT2D eigenvalue weighted by Crippen LogP contribution is 2.40. The van der Waals surface area contributed by atoms with Gasteiger partial charge in [0.1, 0.15) is 0 Å². The predicted octanol–water partition coefficient (Wildman–Crippen LogP) is 4.07. The molecule has 3 aliphatic carbocycles. The van der Waals surface area contributed by atoms with Crippen LogP contribution in [0.15, 0.2) is 46.6 Å². The minimum atomic E-state index is 1.25. The second-order valence-corrected chi connectivity index (χ2v) is 4.39. The predicted molar refractivity (Wildman–Crippen MR) is 60.0 cm³/mol. The molecule has 0 atom stereocenters. The lowest BCUT2D eigenvalue weighted by molar-refractivity contribution is 0.790. The highest BCUT2D eigenvalue weighted by Gasteiger charge is 2.21. The normalized spacial score (nSPS) is 25.1. The molecule has 0 spiro atoms. The average molecular weight is 184 g/mol. The summed E-state index contributed by atoms with van der Waals surface area (Å²) in [6.45, 7) is 0. The van der Waals surface area contributed by atoms with Crippen LogP contribution in [0.3, 0.4) is 0 Å². The molecule has 0 saturated carbocycles. The highest BCUT2D eigenvalue weighted by atomic mass is 14.3. The molecule has 0 aromatic rings. The Morgan fingerprint density at radius 2 is 1.14 bits per heavy atom. The molecular weight excluding hydrogens is 168 g/mol. The summed E-state index contributed by atoms with van der Waals surface area (Å²) in [6.07, 6.45) is 17.0. The van der Waals surface area contributed by atoms with E-state index in [2.05, 4.69) is 24.3 Å². The Morgan fingerprint density at radius 3 is 1.64 bits per heavy atom. The Kier molecular flexibility index (Phi) is 1.93. The standard InChI is InChI=1S/C14H16/c1-3-7-13-11(5-1)9-10-12-6-2-4-8-14(12)13/h1-2,5-6H,3-4,7-10H2. The first kappa shape index (κ1) is 8.28. The van der Waals surface area contributed by atoms with Crippen molar-refractivity contribution in [1.29, 1.82) is 0 Å². The molecule has 3 aliphatic rings. The first-order valence-electron chi connectivity index (χ1n) is 5.72. The fourth-order valence-corrected chi connectivity index (χ4v) is 2.86. The van der Waals surface area contributed by atoms with E-state index in [1.807, 2.05) is 0 Å². The summed E-state index contributed by atoms with van der Waals surface area (Å²) >= 11 is 0. The SMILES string of the molecule is C1=CC2=C(CC1)C1=C(C=CCC1)CC2. The van der Waals surface area contributed by atoms with Crippen LogP contribution in [0.1, 0.15) is 38.5 Å². The monoisotopic (exact) mass is 184 g/mol. The van der Waals surface area contributed by atoms with Gasteiger partial charge in [0.2, 0.25) is 0 Å². The molecule has 0 bridgehead atoms. The summed E-state index contributed by atoms with van der Waals surface area (Å²) in [4.78, 5) is 0. The fraction of sp³-hybridized carbons (Fsp3) is 0.429. The van der Waals surface area contributed by atoms with Gasteiger partial charge in [-0.2, -0.15) is 0 Å². The zero-order valence-corrected chi connectivity index (χ0v) is 8.55. The first-order valence-corrected chi connectivity index (χ1v) is 5.72. The van der Waals surface area contributed by atoms with Gasteiger partial charge in [0, 0.05) is 0 Å². The topological polar surface area (TPSA) is 0 Å². The van der Waals surface area contributed by atoms with Crippen molar-refractivity contribution >= 4 is 0 Å². The lowest BCUT2D eigenvalue weighted by Gasteiger charge is -2.28. The highest BCUT2D eigenvalue weighted by molar-refractivity contribution is 5.51. The maximum atomic E-state index is 2.36. The number of allylic oxidation sites excluding steroid dienone is 8. The van der Waals surface area contributed by atoms with Crippen LogP contribution in [-0.2, 0) is 0 Å². The molecule has 0 N–H and O–H groups in total. The van der Waals surface area contributed by atoms with Gasteiger partial charge in [0.25, 0.3) is 0 Å². The maximum Gasteiger partial charge on any atom is -0.0235 e. The van der Waals surface area contributed by atoms with Gasteiger partial charge in [-0.1, -0.05) is 24.3 Å². The molecule has 0 unspecified atom stereocenters. The summed E-state index contributed by atoms with van der Waals surface area (Å²) in [6, 6.07) is 0. The van der Waals surface area contributed by atoms with Crippen LogP contribution < -0.4 is 0 Å². The molecule has 72 valence electrons. The van der Waals surface area contributed by atoms with Crippen molar-refractivity contribution in [2.45, 2.75) is 38.5 Å². The Morgan fingerprint density at radius 1 is 0.643 bits per heavy atom. The molecule has 0 nitrogen and oxygen atoms in total. The van der Waals surface area contributed by atoms with E-state index in [9.17, 15) is 0 Å². The smallest absolute Gasteiger partial charge is 0.0235 e. The second kappa shape index (κ2) is 3.27. The van der Waals surface area contributed by atoms with Gasteiger partial charge in [-0.05, 0) is 60.8 Å². The van der Waals surface area contributed by atoms with Gasteiger partial charge in [-0.15, -0.1) is 0 Å². The van der Waals surface area contributed by atoms with Crippen LogP contribution in [0.5, 0.6) is 0 Å². The molecule has 0 heteroatoms. The van der Waals surface area contributed by atoms with Crippen molar-refractivity contribution in [2.75, 3.05) is 0 Å². The van der Waals surface area contributed by atoms with Crippen LogP contribution >= 0.6 is 0 Å². The maximum absolute atomic E-state index is 2.36. The molecule has 0 fully saturated rings.